The molecule has 0 unspecified atom stereocenters. The summed E-state index contributed by atoms with van der Waals surface area (Å²) in [5.41, 5.74) is 0. The van der Waals surface area contributed by atoms with E-state index in [9.17, 15) is 0 Å². The lowest BCUT2D eigenvalue weighted by Crippen LogP contribution is -2.29. The maximum atomic E-state index is 7.70. The molecule has 0 aromatic rings. The van der Waals surface area contributed by atoms with E-state index in [0.29, 0.717) is 0 Å². The number of hydrogen-bond donors (Lipinski definition) is 1. The largest absolute Gasteiger partial charge is 0.379 e. The Morgan fingerprint density at radius 1 is 1.50 bits per heavy atom. The second-order valence-electron chi connectivity index (χ2n) is 4.14. The number of nitrogens with one attached hydrogen (secondary N) is 1. The highest BCUT2D eigenvalue weighted by molar-refractivity contribution is 5.78. The summed E-state index contributed by atoms with van der Waals surface area (Å²) in [7, 11) is 1.97. The van der Waals surface area contributed by atoms with E-state index in [0.717, 1.165) is 44.4 Å². The van der Waals surface area contributed by atoms with Crippen molar-refractivity contribution >= 4 is 5.84 Å². The van der Waals surface area contributed by atoms with Gasteiger partial charge in [0.15, 0.2) is 0 Å². The maximum Gasteiger partial charge on any atom is 0.0955 e. The van der Waals surface area contributed by atoms with Gasteiger partial charge in [0.1, 0.15) is 0 Å². The Labute approximate surface area is 86.9 Å². The standard InChI is InChI=1S/C11H22N2O/c1-3-4-11(12)13(2)7-8-14-9-10-5-6-10/h10,12H,3-9H2,1-2H3. The lowest BCUT2D eigenvalue weighted by Gasteiger charge is -2.19. The second-order valence-corrected chi connectivity index (χ2v) is 4.14. The summed E-state index contributed by atoms with van der Waals surface area (Å²) in [6.45, 7) is 4.64. The summed E-state index contributed by atoms with van der Waals surface area (Å²) >= 11 is 0. The number of ether oxygens (including phenoxy) is 1. The van der Waals surface area contributed by atoms with Crippen LogP contribution in [0.25, 0.3) is 0 Å². The highest BCUT2D eigenvalue weighted by Crippen LogP contribution is 2.28. The van der Waals surface area contributed by atoms with Gasteiger partial charge in [-0.1, -0.05) is 6.92 Å². The molecule has 1 fully saturated rings. The molecule has 14 heavy (non-hydrogen) atoms. The lowest BCUT2D eigenvalue weighted by molar-refractivity contribution is 0.115. The number of nitrogens with zero attached hydrogens (tertiary/aromatic N) is 1. The molecule has 1 saturated carbocycles. The zero-order valence-corrected chi connectivity index (χ0v) is 9.38. The van der Waals surface area contributed by atoms with Gasteiger partial charge in [-0.2, -0.15) is 0 Å². The van der Waals surface area contributed by atoms with Gasteiger partial charge in [-0.05, 0) is 25.2 Å². The first-order valence-corrected chi connectivity index (χ1v) is 5.60. The summed E-state index contributed by atoms with van der Waals surface area (Å²) in [6, 6.07) is 0. The summed E-state index contributed by atoms with van der Waals surface area (Å²) in [4.78, 5) is 1.98. The zero-order chi connectivity index (χ0) is 10.4. The number of likely N-dealkylation sites (N-methyl/N-ethyl adjacent to an activating group) is 1. The monoisotopic (exact) mass is 198 g/mol. The summed E-state index contributed by atoms with van der Waals surface area (Å²) in [5.74, 6) is 1.57. The van der Waals surface area contributed by atoms with Gasteiger partial charge in [-0.3, -0.25) is 5.41 Å². The molecule has 3 heteroatoms. The third-order valence-electron chi connectivity index (χ3n) is 2.57. The van der Waals surface area contributed by atoms with Gasteiger partial charge in [-0.15, -0.1) is 0 Å². The van der Waals surface area contributed by atoms with Crippen molar-refractivity contribution in [3.63, 3.8) is 0 Å². The fourth-order valence-corrected chi connectivity index (χ4v) is 1.30. The number of hydrogen-bond acceptors (Lipinski definition) is 2. The molecular formula is C11H22N2O. The van der Waals surface area contributed by atoms with Crippen LogP contribution in [-0.2, 0) is 4.74 Å². The second kappa shape index (κ2) is 6.02. The van der Waals surface area contributed by atoms with E-state index in [1.54, 1.807) is 0 Å². The van der Waals surface area contributed by atoms with Gasteiger partial charge < -0.3 is 9.64 Å². The molecule has 0 atom stereocenters. The SMILES string of the molecule is CCCC(=N)N(C)CCOCC1CC1. The Morgan fingerprint density at radius 2 is 2.21 bits per heavy atom. The first-order valence-electron chi connectivity index (χ1n) is 5.60. The summed E-state index contributed by atoms with van der Waals surface area (Å²) in [5, 5.41) is 7.70. The van der Waals surface area contributed by atoms with E-state index in [1.807, 2.05) is 11.9 Å². The van der Waals surface area contributed by atoms with Crippen LogP contribution in [0.1, 0.15) is 32.6 Å². The highest BCUT2D eigenvalue weighted by Gasteiger charge is 2.20. The van der Waals surface area contributed by atoms with Crippen molar-refractivity contribution in [2.24, 2.45) is 5.92 Å². The number of amidine groups is 1. The van der Waals surface area contributed by atoms with Crippen molar-refractivity contribution in [1.29, 1.82) is 5.41 Å². The zero-order valence-electron chi connectivity index (χ0n) is 9.38. The van der Waals surface area contributed by atoms with Crippen molar-refractivity contribution in [1.82, 2.24) is 4.90 Å². The van der Waals surface area contributed by atoms with Crippen molar-refractivity contribution in [3.8, 4) is 0 Å². The molecule has 1 rings (SSSR count). The minimum absolute atomic E-state index is 0.725. The van der Waals surface area contributed by atoms with Gasteiger partial charge in [0, 0.05) is 26.6 Å². The van der Waals surface area contributed by atoms with Gasteiger partial charge in [0.2, 0.25) is 0 Å². The molecule has 1 aliphatic rings. The quantitative estimate of drug-likeness (QED) is 0.386. The minimum atomic E-state index is 0.725. The fraction of sp³-hybridized carbons (Fsp3) is 0.909. The predicted octanol–water partition coefficient (Wildman–Crippen LogP) is 2.12. The van der Waals surface area contributed by atoms with E-state index in [-0.39, 0.29) is 0 Å². The normalized spacial score (nSPS) is 15.6. The molecule has 0 spiro atoms. The van der Waals surface area contributed by atoms with Crippen LogP contribution in [0.3, 0.4) is 0 Å². The molecule has 1 aliphatic carbocycles. The molecule has 0 saturated heterocycles. The van der Waals surface area contributed by atoms with Crippen molar-refractivity contribution in [2.75, 3.05) is 26.8 Å². The minimum Gasteiger partial charge on any atom is -0.379 e. The van der Waals surface area contributed by atoms with Crippen LogP contribution < -0.4 is 0 Å². The molecule has 0 aliphatic heterocycles. The van der Waals surface area contributed by atoms with E-state index < -0.39 is 0 Å². The van der Waals surface area contributed by atoms with Crippen LogP contribution in [0.5, 0.6) is 0 Å². The average molecular weight is 198 g/mol. The third-order valence-corrected chi connectivity index (χ3v) is 2.57. The molecule has 1 N–H and O–H groups in total. The Balaban J connectivity index is 1.95. The molecule has 0 aromatic carbocycles. The van der Waals surface area contributed by atoms with Crippen molar-refractivity contribution in [2.45, 2.75) is 32.6 Å². The molecule has 0 aromatic heterocycles. The molecule has 0 heterocycles. The fourth-order valence-electron chi connectivity index (χ4n) is 1.30. The molecule has 82 valence electrons. The van der Waals surface area contributed by atoms with Gasteiger partial charge >= 0.3 is 0 Å². The van der Waals surface area contributed by atoms with Crippen LogP contribution in [-0.4, -0.2) is 37.5 Å². The van der Waals surface area contributed by atoms with Gasteiger partial charge in [0.05, 0.1) is 12.4 Å². The van der Waals surface area contributed by atoms with Crippen LogP contribution in [0, 0.1) is 11.3 Å². The summed E-state index contributed by atoms with van der Waals surface area (Å²) in [6.07, 6.45) is 4.62. The van der Waals surface area contributed by atoms with E-state index >= 15 is 0 Å². The first-order chi connectivity index (χ1) is 6.74. The molecule has 0 amide bonds. The predicted molar refractivity (Wildman–Crippen MR) is 58.8 cm³/mol. The van der Waals surface area contributed by atoms with Crippen molar-refractivity contribution < 1.29 is 4.74 Å². The van der Waals surface area contributed by atoms with E-state index in [4.69, 9.17) is 10.1 Å². The Hall–Kier alpha value is -0.570. The van der Waals surface area contributed by atoms with Crippen LogP contribution in [0.2, 0.25) is 0 Å². The van der Waals surface area contributed by atoms with Crippen LogP contribution in [0.4, 0.5) is 0 Å². The number of rotatable bonds is 7. The average Bonchev–Trinajstić information content (AvgIpc) is 2.96. The molecule has 0 bridgehead atoms. The highest BCUT2D eigenvalue weighted by atomic mass is 16.5. The van der Waals surface area contributed by atoms with E-state index in [2.05, 4.69) is 6.92 Å². The van der Waals surface area contributed by atoms with E-state index in [1.165, 1.54) is 12.8 Å². The van der Waals surface area contributed by atoms with Gasteiger partial charge in [-0.25, -0.2) is 0 Å². The Bertz CT molecular complexity index is 178. The van der Waals surface area contributed by atoms with Gasteiger partial charge in [0.25, 0.3) is 0 Å². The third kappa shape index (κ3) is 4.61. The van der Waals surface area contributed by atoms with Crippen molar-refractivity contribution in [3.05, 3.63) is 0 Å². The molecule has 3 nitrogen and oxygen atoms in total. The summed E-state index contributed by atoms with van der Waals surface area (Å²) < 4.78 is 5.52. The Kier molecular flexibility index (Phi) is 4.94. The first kappa shape index (κ1) is 11.5. The Morgan fingerprint density at radius 3 is 2.79 bits per heavy atom. The molecule has 0 radical (unpaired) electrons. The van der Waals surface area contributed by atoms with Crippen LogP contribution in [0.15, 0.2) is 0 Å². The smallest absolute Gasteiger partial charge is 0.0955 e. The molecular weight excluding hydrogens is 176 g/mol. The topological polar surface area (TPSA) is 36.3 Å². The maximum absolute atomic E-state index is 7.70. The van der Waals surface area contributed by atoms with Crippen LogP contribution >= 0.6 is 0 Å². The lowest BCUT2D eigenvalue weighted by atomic mass is 10.3.